The standard InChI is InChI=1S/C23H23N3O2/c1-14(2)24-22(27)17-8-4-6-10-20(17)26-23(28)18-13-21(15-11-12-15)25-19-9-5-3-7-16(18)19/h3-10,13-15H,11-12H2,1-2H3,(H,24,27)(H,26,28). The normalized spacial score (nSPS) is 13.5. The van der Waals surface area contributed by atoms with Crippen LogP contribution in [-0.4, -0.2) is 22.8 Å². The maximum atomic E-state index is 13.1. The first-order chi connectivity index (χ1) is 13.5. The van der Waals surface area contributed by atoms with Crippen LogP contribution in [0.4, 0.5) is 5.69 Å². The Kier molecular flexibility index (Phi) is 4.82. The van der Waals surface area contributed by atoms with Crippen LogP contribution in [0, 0.1) is 0 Å². The van der Waals surface area contributed by atoms with Crippen molar-refractivity contribution in [2.75, 3.05) is 5.32 Å². The van der Waals surface area contributed by atoms with Crippen molar-refractivity contribution in [3.8, 4) is 0 Å². The lowest BCUT2D eigenvalue weighted by atomic mass is 10.0. The Balaban J connectivity index is 1.69. The Morgan fingerprint density at radius 2 is 1.68 bits per heavy atom. The summed E-state index contributed by atoms with van der Waals surface area (Å²) in [5, 5.41) is 6.62. The molecule has 0 spiro atoms. The third-order valence-electron chi connectivity index (χ3n) is 4.82. The van der Waals surface area contributed by atoms with Crippen LogP contribution in [0.1, 0.15) is 59.0 Å². The van der Waals surface area contributed by atoms with E-state index in [2.05, 4.69) is 10.6 Å². The van der Waals surface area contributed by atoms with Crippen LogP contribution < -0.4 is 10.6 Å². The van der Waals surface area contributed by atoms with Gasteiger partial charge in [0, 0.05) is 23.0 Å². The van der Waals surface area contributed by atoms with Crippen molar-refractivity contribution in [3.05, 3.63) is 71.4 Å². The number of aromatic nitrogens is 1. The van der Waals surface area contributed by atoms with Gasteiger partial charge in [0.2, 0.25) is 0 Å². The zero-order chi connectivity index (χ0) is 19.7. The quantitative estimate of drug-likeness (QED) is 0.692. The van der Waals surface area contributed by atoms with Crippen LogP contribution >= 0.6 is 0 Å². The van der Waals surface area contributed by atoms with Gasteiger partial charge in [-0.05, 0) is 51.0 Å². The van der Waals surface area contributed by atoms with Crippen LogP contribution in [0.2, 0.25) is 0 Å². The van der Waals surface area contributed by atoms with E-state index in [4.69, 9.17) is 4.98 Å². The summed E-state index contributed by atoms with van der Waals surface area (Å²) >= 11 is 0. The highest BCUT2D eigenvalue weighted by atomic mass is 16.2. The summed E-state index contributed by atoms with van der Waals surface area (Å²) in [6.07, 6.45) is 2.23. The molecule has 142 valence electrons. The molecule has 0 unspecified atom stereocenters. The van der Waals surface area contributed by atoms with Crippen molar-refractivity contribution in [2.45, 2.75) is 38.6 Å². The molecule has 0 aliphatic heterocycles. The monoisotopic (exact) mass is 373 g/mol. The van der Waals surface area contributed by atoms with Gasteiger partial charge in [-0.3, -0.25) is 14.6 Å². The van der Waals surface area contributed by atoms with Crippen molar-refractivity contribution in [1.82, 2.24) is 10.3 Å². The number of pyridine rings is 1. The van der Waals surface area contributed by atoms with Crippen molar-refractivity contribution >= 4 is 28.4 Å². The van der Waals surface area contributed by atoms with Crippen molar-refractivity contribution in [1.29, 1.82) is 0 Å². The number of fused-ring (bicyclic) bond motifs is 1. The molecule has 0 atom stereocenters. The summed E-state index contributed by atoms with van der Waals surface area (Å²) in [5.41, 5.74) is 3.33. The van der Waals surface area contributed by atoms with Gasteiger partial charge in [-0.15, -0.1) is 0 Å². The maximum Gasteiger partial charge on any atom is 0.256 e. The van der Waals surface area contributed by atoms with E-state index in [1.807, 2.05) is 50.2 Å². The second-order valence-corrected chi connectivity index (χ2v) is 7.51. The zero-order valence-electron chi connectivity index (χ0n) is 16.0. The van der Waals surface area contributed by atoms with Crippen molar-refractivity contribution in [2.24, 2.45) is 0 Å². The summed E-state index contributed by atoms with van der Waals surface area (Å²) in [4.78, 5) is 30.4. The molecule has 0 radical (unpaired) electrons. The van der Waals surface area contributed by atoms with Gasteiger partial charge in [-0.25, -0.2) is 0 Å². The second kappa shape index (κ2) is 7.43. The molecule has 1 saturated carbocycles. The first-order valence-electron chi connectivity index (χ1n) is 9.64. The van der Waals surface area contributed by atoms with Gasteiger partial charge >= 0.3 is 0 Å². The van der Waals surface area contributed by atoms with Crippen LogP contribution in [0.25, 0.3) is 10.9 Å². The Bertz CT molecular complexity index is 1050. The first-order valence-corrected chi connectivity index (χ1v) is 9.64. The van der Waals surface area contributed by atoms with E-state index >= 15 is 0 Å². The number of benzene rings is 2. The minimum Gasteiger partial charge on any atom is -0.350 e. The van der Waals surface area contributed by atoms with Gasteiger partial charge in [-0.2, -0.15) is 0 Å². The summed E-state index contributed by atoms with van der Waals surface area (Å²) in [6, 6.07) is 16.6. The fourth-order valence-corrected chi connectivity index (χ4v) is 3.29. The van der Waals surface area contributed by atoms with E-state index in [1.165, 1.54) is 0 Å². The second-order valence-electron chi connectivity index (χ2n) is 7.51. The highest BCUT2D eigenvalue weighted by Crippen LogP contribution is 2.40. The molecule has 1 fully saturated rings. The predicted molar refractivity (Wildman–Crippen MR) is 111 cm³/mol. The highest BCUT2D eigenvalue weighted by molar-refractivity contribution is 6.14. The molecule has 28 heavy (non-hydrogen) atoms. The van der Waals surface area contributed by atoms with Gasteiger partial charge in [-0.1, -0.05) is 30.3 Å². The number of para-hydroxylation sites is 2. The lowest BCUT2D eigenvalue weighted by Gasteiger charge is -2.14. The SMILES string of the molecule is CC(C)NC(=O)c1ccccc1NC(=O)c1cc(C2CC2)nc2ccccc12. The molecular formula is C23H23N3O2. The number of carbonyl (C=O) groups excluding carboxylic acids is 2. The van der Waals surface area contributed by atoms with E-state index in [1.54, 1.807) is 18.2 Å². The molecule has 1 heterocycles. The number of rotatable bonds is 5. The summed E-state index contributed by atoms with van der Waals surface area (Å²) in [5.74, 6) is 0.00900. The van der Waals surface area contributed by atoms with Crippen molar-refractivity contribution < 1.29 is 9.59 Å². The lowest BCUT2D eigenvalue weighted by molar-refractivity contribution is 0.0944. The molecule has 1 aliphatic rings. The number of hydrogen-bond acceptors (Lipinski definition) is 3. The topological polar surface area (TPSA) is 71.1 Å². The summed E-state index contributed by atoms with van der Waals surface area (Å²) in [7, 11) is 0. The predicted octanol–water partition coefficient (Wildman–Crippen LogP) is 4.50. The zero-order valence-corrected chi connectivity index (χ0v) is 16.0. The average Bonchev–Trinajstić information content (AvgIpc) is 3.52. The molecular weight excluding hydrogens is 350 g/mol. The number of nitrogens with one attached hydrogen (secondary N) is 2. The molecule has 1 aromatic heterocycles. The van der Waals surface area contributed by atoms with Gasteiger partial charge < -0.3 is 10.6 Å². The Labute approximate surface area is 164 Å². The molecule has 2 N–H and O–H groups in total. The minimum atomic E-state index is -0.231. The smallest absolute Gasteiger partial charge is 0.256 e. The molecule has 2 amide bonds. The summed E-state index contributed by atoms with van der Waals surface area (Å²) in [6.45, 7) is 3.81. The molecule has 5 nitrogen and oxygen atoms in total. The highest BCUT2D eigenvalue weighted by Gasteiger charge is 2.27. The number of anilines is 1. The number of carbonyl (C=O) groups is 2. The number of amides is 2. The third kappa shape index (κ3) is 3.74. The van der Waals surface area contributed by atoms with E-state index in [-0.39, 0.29) is 17.9 Å². The number of nitrogens with zero attached hydrogens (tertiary/aromatic N) is 1. The Morgan fingerprint density at radius 3 is 2.43 bits per heavy atom. The molecule has 5 heteroatoms. The third-order valence-corrected chi connectivity index (χ3v) is 4.82. The molecule has 4 rings (SSSR count). The maximum absolute atomic E-state index is 13.1. The van der Waals surface area contributed by atoms with E-state index in [0.29, 0.717) is 22.7 Å². The van der Waals surface area contributed by atoms with Gasteiger partial charge in [0.1, 0.15) is 0 Å². The largest absolute Gasteiger partial charge is 0.350 e. The molecule has 0 bridgehead atoms. The van der Waals surface area contributed by atoms with Crippen LogP contribution in [-0.2, 0) is 0 Å². The molecule has 3 aromatic rings. The summed E-state index contributed by atoms with van der Waals surface area (Å²) < 4.78 is 0. The number of hydrogen-bond donors (Lipinski definition) is 2. The van der Waals surface area contributed by atoms with E-state index in [9.17, 15) is 9.59 Å². The fourth-order valence-electron chi connectivity index (χ4n) is 3.29. The van der Waals surface area contributed by atoms with E-state index in [0.717, 1.165) is 29.4 Å². The lowest BCUT2D eigenvalue weighted by Crippen LogP contribution is -2.31. The Hall–Kier alpha value is -3.21. The molecule has 1 aliphatic carbocycles. The molecule has 2 aromatic carbocycles. The average molecular weight is 373 g/mol. The van der Waals surface area contributed by atoms with E-state index < -0.39 is 0 Å². The van der Waals surface area contributed by atoms with Gasteiger partial charge in [0.25, 0.3) is 11.8 Å². The van der Waals surface area contributed by atoms with Crippen LogP contribution in [0.5, 0.6) is 0 Å². The van der Waals surface area contributed by atoms with Crippen molar-refractivity contribution in [3.63, 3.8) is 0 Å². The minimum absolute atomic E-state index is 0.0153. The van der Waals surface area contributed by atoms with Gasteiger partial charge in [0.15, 0.2) is 0 Å². The molecule has 0 saturated heterocycles. The Morgan fingerprint density at radius 1 is 0.964 bits per heavy atom. The first kappa shape index (κ1) is 18.2. The fraction of sp³-hybridized carbons (Fsp3) is 0.261. The van der Waals surface area contributed by atoms with Gasteiger partial charge in [0.05, 0.1) is 22.3 Å². The van der Waals surface area contributed by atoms with Crippen LogP contribution in [0.3, 0.4) is 0 Å². The van der Waals surface area contributed by atoms with Crippen LogP contribution in [0.15, 0.2) is 54.6 Å².